The first-order valence-corrected chi connectivity index (χ1v) is 7.20. The van der Waals surface area contributed by atoms with E-state index in [1.807, 2.05) is 30.3 Å². The number of nitrogens with zero attached hydrogens (tertiary/aromatic N) is 3. The Labute approximate surface area is 133 Å². The van der Waals surface area contributed by atoms with Crippen LogP contribution in [0.25, 0.3) is 0 Å². The third kappa shape index (κ3) is 3.92. The van der Waals surface area contributed by atoms with Crippen LogP contribution in [0.4, 0.5) is 10.3 Å². The molecule has 1 unspecified atom stereocenters. The fourth-order valence-corrected chi connectivity index (χ4v) is 2.27. The van der Waals surface area contributed by atoms with Crippen molar-refractivity contribution >= 4 is 5.95 Å². The number of rotatable bonds is 6. The number of hydrogen-bond donors (Lipinski definition) is 1. The predicted octanol–water partition coefficient (Wildman–Crippen LogP) is 2.95. The number of furan rings is 1. The Balaban J connectivity index is 1.82. The molecule has 6 heteroatoms. The lowest BCUT2D eigenvalue weighted by Gasteiger charge is -2.24. The highest BCUT2D eigenvalue weighted by molar-refractivity contribution is 5.32. The SMILES string of the molecule is OC(CN(Cc1ccccc1)c1ncc(F)cn1)c1ccco1. The lowest BCUT2D eigenvalue weighted by molar-refractivity contribution is 0.154. The largest absolute Gasteiger partial charge is 0.467 e. The molecule has 0 aliphatic carbocycles. The first-order valence-electron chi connectivity index (χ1n) is 7.20. The van der Waals surface area contributed by atoms with Gasteiger partial charge < -0.3 is 14.4 Å². The molecular formula is C17H16FN3O2. The number of aliphatic hydroxyl groups is 1. The van der Waals surface area contributed by atoms with Gasteiger partial charge in [-0.25, -0.2) is 14.4 Å². The molecule has 0 spiro atoms. The molecule has 0 amide bonds. The molecule has 0 fully saturated rings. The third-order valence-corrected chi connectivity index (χ3v) is 3.37. The predicted molar refractivity (Wildman–Crippen MR) is 83.1 cm³/mol. The smallest absolute Gasteiger partial charge is 0.225 e. The van der Waals surface area contributed by atoms with Gasteiger partial charge in [-0.05, 0) is 17.7 Å². The molecule has 0 saturated carbocycles. The molecule has 1 aromatic carbocycles. The van der Waals surface area contributed by atoms with Crippen molar-refractivity contribution in [2.75, 3.05) is 11.4 Å². The van der Waals surface area contributed by atoms with E-state index in [1.165, 1.54) is 6.26 Å². The van der Waals surface area contributed by atoms with E-state index in [0.29, 0.717) is 18.3 Å². The second-order valence-electron chi connectivity index (χ2n) is 5.10. The summed E-state index contributed by atoms with van der Waals surface area (Å²) in [6, 6.07) is 13.2. The fraction of sp³-hybridized carbons (Fsp3) is 0.176. The first-order chi connectivity index (χ1) is 11.2. The van der Waals surface area contributed by atoms with Crippen molar-refractivity contribution in [3.05, 3.63) is 78.3 Å². The van der Waals surface area contributed by atoms with E-state index in [0.717, 1.165) is 18.0 Å². The molecular weight excluding hydrogens is 297 g/mol. The molecule has 0 saturated heterocycles. The highest BCUT2D eigenvalue weighted by atomic mass is 19.1. The van der Waals surface area contributed by atoms with E-state index >= 15 is 0 Å². The van der Waals surface area contributed by atoms with Gasteiger partial charge in [0.25, 0.3) is 0 Å². The van der Waals surface area contributed by atoms with Crippen LogP contribution in [-0.4, -0.2) is 21.6 Å². The van der Waals surface area contributed by atoms with Crippen molar-refractivity contribution in [3.63, 3.8) is 0 Å². The van der Waals surface area contributed by atoms with Gasteiger partial charge in [-0.2, -0.15) is 0 Å². The van der Waals surface area contributed by atoms with Gasteiger partial charge in [0.2, 0.25) is 5.95 Å². The van der Waals surface area contributed by atoms with Crippen molar-refractivity contribution in [1.82, 2.24) is 9.97 Å². The average molecular weight is 313 g/mol. The normalized spacial score (nSPS) is 12.1. The second-order valence-corrected chi connectivity index (χ2v) is 5.10. The maximum Gasteiger partial charge on any atom is 0.225 e. The summed E-state index contributed by atoms with van der Waals surface area (Å²) in [4.78, 5) is 9.79. The van der Waals surface area contributed by atoms with E-state index < -0.39 is 11.9 Å². The van der Waals surface area contributed by atoms with Crippen LogP contribution >= 0.6 is 0 Å². The van der Waals surface area contributed by atoms with Crippen LogP contribution in [-0.2, 0) is 6.54 Å². The van der Waals surface area contributed by atoms with Crippen molar-refractivity contribution in [2.45, 2.75) is 12.6 Å². The first kappa shape index (κ1) is 15.2. The second kappa shape index (κ2) is 7.02. The number of benzene rings is 1. The van der Waals surface area contributed by atoms with Gasteiger partial charge in [-0.15, -0.1) is 0 Å². The summed E-state index contributed by atoms with van der Waals surface area (Å²) < 4.78 is 18.3. The Bertz CT molecular complexity index is 717. The number of anilines is 1. The number of halogens is 1. The summed E-state index contributed by atoms with van der Waals surface area (Å²) in [7, 11) is 0. The molecule has 0 aliphatic rings. The van der Waals surface area contributed by atoms with Gasteiger partial charge in [0.1, 0.15) is 11.9 Å². The lowest BCUT2D eigenvalue weighted by Crippen LogP contribution is -2.29. The molecule has 0 radical (unpaired) electrons. The van der Waals surface area contributed by atoms with Gasteiger partial charge in [-0.1, -0.05) is 30.3 Å². The van der Waals surface area contributed by atoms with Gasteiger partial charge >= 0.3 is 0 Å². The molecule has 1 atom stereocenters. The number of aliphatic hydroxyl groups excluding tert-OH is 1. The average Bonchev–Trinajstić information content (AvgIpc) is 3.10. The monoisotopic (exact) mass is 313 g/mol. The van der Waals surface area contributed by atoms with E-state index in [2.05, 4.69) is 9.97 Å². The minimum Gasteiger partial charge on any atom is -0.467 e. The molecule has 23 heavy (non-hydrogen) atoms. The molecule has 2 aromatic heterocycles. The Kier molecular flexibility index (Phi) is 4.63. The van der Waals surface area contributed by atoms with E-state index in [4.69, 9.17) is 4.42 Å². The standard InChI is InChI=1S/C17H16FN3O2/c18-14-9-19-17(20-10-14)21(11-13-5-2-1-3-6-13)12-15(22)16-7-4-8-23-16/h1-10,15,22H,11-12H2. The lowest BCUT2D eigenvalue weighted by atomic mass is 10.2. The van der Waals surface area contributed by atoms with E-state index in [9.17, 15) is 9.50 Å². The van der Waals surface area contributed by atoms with Crippen LogP contribution < -0.4 is 4.90 Å². The molecule has 5 nitrogen and oxygen atoms in total. The van der Waals surface area contributed by atoms with Gasteiger partial charge in [0, 0.05) is 6.54 Å². The van der Waals surface area contributed by atoms with Crippen LogP contribution in [0.5, 0.6) is 0 Å². The summed E-state index contributed by atoms with van der Waals surface area (Å²) in [5.41, 5.74) is 1.03. The Hall–Kier alpha value is -2.73. The molecule has 3 aromatic rings. The van der Waals surface area contributed by atoms with Gasteiger partial charge in [0.15, 0.2) is 5.82 Å². The quantitative estimate of drug-likeness (QED) is 0.758. The number of hydrogen-bond acceptors (Lipinski definition) is 5. The molecule has 118 valence electrons. The van der Waals surface area contributed by atoms with Crippen molar-refractivity contribution in [2.24, 2.45) is 0 Å². The van der Waals surface area contributed by atoms with Crippen LogP contribution in [0.15, 0.2) is 65.5 Å². The van der Waals surface area contributed by atoms with Crippen LogP contribution in [0, 0.1) is 5.82 Å². The Morgan fingerprint density at radius 2 is 1.83 bits per heavy atom. The maximum absolute atomic E-state index is 13.1. The molecule has 3 rings (SSSR count). The highest BCUT2D eigenvalue weighted by Gasteiger charge is 2.18. The zero-order valence-electron chi connectivity index (χ0n) is 12.3. The zero-order valence-corrected chi connectivity index (χ0v) is 12.3. The summed E-state index contributed by atoms with van der Waals surface area (Å²) >= 11 is 0. The third-order valence-electron chi connectivity index (χ3n) is 3.37. The highest BCUT2D eigenvalue weighted by Crippen LogP contribution is 2.19. The summed E-state index contributed by atoms with van der Waals surface area (Å²) in [5.74, 6) is 0.311. The summed E-state index contributed by atoms with van der Waals surface area (Å²) in [5, 5.41) is 10.3. The Morgan fingerprint density at radius 3 is 2.48 bits per heavy atom. The van der Waals surface area contributed by atoms with Gasteiger partial charge in [0.05, 0.1) is 25.2 Å². The minimum atomic E-state index is -0.831. The maximum atomic E-state index is 13.1. The number of aromatic nitrogens is 2. The molecule has 1 N–H and O–H groups in total. The van der Waals surface area contributed by atoms with Crippen molar-refractivity contribution in [3.8, 4) is 0 Å². The Morgan fingerprint density at radius 1 is 1.09 bits per heavy atom. The molecule has 2 heterocycles. The van der Waals surface area contributed by atoms with E-state index in [-0.39, 0.29) is 6.54 Å². The van der Waals surface area contributed by atoms with Gasteiger partial charge in [-0.3, -0.25) is 0 Å². The van der Waals surface area contributed by atoms with Crippen molar-refractivity contribution in [1.29, 1.82) is 0 Å². The van der Waals surface area contributed by atoms with E-state index in [1.54, 1.807) is 17.0 Å². The summed E-state index contributed by atoms with van der Waals surface area (Å²) in [6.45, 7) is 0.721. The van der Waals surface area contributed by atoms with Crippen molar-refractivity contribution < 1.29 is 13.9 Å². The molecule has 0 bridgehead atoms. The topological polar surface area (TPSA) is 62.4 Å². The van der Waals surface area contributed by atoms with Crippen LogP contribution in [0.2, 0.25) is 0 Å². The van der Waals surface area contributed by atoms with Crippen LogP contribution in [0.3, 0.4) is 0 Å². The van der Waals surface area contributed by atoms with Crippen LogP contribution in [0.1, 0.15) is 17.4 Å². The fourth-order valence-electron chi connectivity index (χ4n) is 2.27. The zero-order chi connectivity index (χ0) is 16.1. The summed E-state index contributed by atoms with van der Waals surface area (Å²) in [6.07, 6.45) is 2.90. The minimum absolute atomic E-state index is 0.230. The molecule has 0 aliphatic heterocycles.